The zero-order valence-electron chi connectivity index (χ0n) is 9.19. The molecular formula is C13H16O2. The second-order valence-electron chi connectivity index (χ2n) is 3.24. The third-order valence-corrected chi connectivity index (χ3v) is 2.16. The first kappa shape index (κ1) is 11.5. The van der Waals surface area contributed by atoms with Crippen molar-refractivity contribution < 1.29 is 9.47 Å². The zero-order chi connectivity index (χ0) is 11.3. The molecule has 0 bridgehead atoms. The van der Waals surface area contributed by atoms with Gasteiger partial charge in [-0.15, -0.1) is 0 Å². The van der Waals surface area contributed by atoms with Crippen LogP contribution in [-0.2, 0) is 9.47 Å². The molecule has 0 aliphatic rings. The number of methoxy groups -OCH3 is 1. The van der Waals surface area contributed by atoms with E-state index in [4.69, 9.17) is 9.47 Å². The Kier molecular flexibility index (Phi) is 4.13. The summed E-state index contributed by atoms with van der Waals surface area (Å²) < 4.78 is 10.6. The summed E-state index contributed by atoms with van der Waals surface area (Å²) in [6.45, 7) is 9.50. The van der Waals surface area contributed by atoms with Crippen molar-refractivity contribution in [3.8, 4) is 0 Å². The molecule has 1 atom stereocenters. The highest BCUT2D eigenvalue weighted by atomic mass is 16.5. The molecule has 0 saturated carbocycles. The lowest BCUT2D eigenvalue weighted by molar-refractivity contribution is 0.107. The molecule has 2 heteroatoms. The fraction of sp³-hybridized carbons (Fsp3) is 0.231. The third kappa shape index (κ3) is 3.26. The van der Waals surface area contributed by atoms with Crippen LogP contribution in [0.1, 0.15) is 12.5 Å². The van der Waals surface area contributed by atoms with Crippen molar-refractivity contribution in [1.82, 2.24) is 0 Å². The van der Waals surface area contributed by atoms with Crippen LogP contribution in [0.3, 0.4) is 0 Å². The van der Waals surface area contributed by atoms with Crippen LogP contribution in [0.2, 0.25) is 0 Å². The first-order valence-corrected chi connectivity index (χ1v) is 4.79. The second-order valence-corrected chi connectivity index (χ2v) is 3.24. The summed E-state index contributed by atoms with van der Waals surface area (Å²) in [5.41, 5.74) is 0.946. The highest BCUT2D eigenvalue weighted by Crippen LogP contribution is 2.18. The topological polar surface area (TPSA) is 18.5 Å². The van der Waals surface area contributed by atoms with E-state index in [0.29, 0.717) is 11.5 Å². The van der Waals surface area contributed by atoms with Gasteiger partial charge in [-0.2, -0.15) is 0 Å². The van der Waals surface area contributed by atoms with E-state index in [-0.39, 0.29) is 6.10 Å². The van der Waals surface area contributed by atoms with E-state index < -0.39 is 0 Å². The van der Waals surface area contributed by atoms with E-state index in [1.165, 1.54) is 0 Å². The van der Waals surface area contributed by atoms with E-state index in [0.717, 1.165) is 5.56 Å². The van der Waals surface area contributed by atoms with E-state index >= 15 is 0 Å². The SMILES string of the molecule is C=C(OC(=C)C(C)OC)c1ccccc1. The van der Waals surface area contributed by atoms with Gasteiger partial charge < -0.3 is 9.47 Å². The van der Waals surface area contributed by atoms with Crippen LogP contribution in [0, 0.1) is 0 Å². The maximum Gasteiger partial charge on any atom is 0.127 e. The van der Waals surface area contributed by atoms with Crippen molar-refractivity contribution in [3.05, 3.63) is 54.8 Å². The number of benzene rings is 1. The van der Waals surface area contributed by atoms with Gasteiger partial charge in [0.2, 0.25) is 0 Å². The average molecular weight is 204 g/mol. The van der Waals surface area contributed by atoms with E-state index in [1.54, 1.807) is 7.11 Å². The summed E-state index contributed by atoms with van der Waals surface area (Å²) in [6, 6.07) is 9.70. The summed E-state index contributed by atoms with van der Waals surface area (Å²) in [5.74, 6) is 1.15. The third-order valence-electron chi connectivity index (χ3n) is 2.16. The zero-order valence-corrected chi connectivity index (χ0v) is 9.19. The van der Waals surface area contributed by atoms with Gasteiger partial charge in [0.15, 0.2) is 0 Å². The van der Waals surface area contributed by atoms with Crippen LogP contribution >= 0.6 is 0 Å². The molecule has 2 nitrogen and oxygen atoms in total. The molecule has 80 valence electrons. The molecule has 0 radical (unpaired) electrons. The minimum absolute atomic E-state index is 0.134. The lowest BCUT2D eigenvalue weighted by atomic mass is 10.2. The summed E-state index contributed by atoms with van der Waals surface area (Å²) >= 11 is 0. The summed E-state index contributed by atoms with van der Waals surface area (Å²) in [5, 5.41) is 0. The Morgan fingerprint density at radius 2 is 1.80 bits per heavy atom. The van der Waals surface area contributed by atoms with Crippen molar-refractivity contribution in [3.63, 3.8) is 0 Å². The number of ether oxygens (including phenoxy) is 2. The van der Waals surface area contributed by atoms with Crippen LogP contribution in [0.5, 0.6) is 0 Å². The largest absolute Gasteiger partial charge is 0.460 e. The first-order chi connectivity index (χ1) is 7.15. The van der Waals surface area contributed by atoms with Gasteiger partial charge in [-0.3, -0.25) is 0 Å². The van der Waals surface area contributed by atoms with E-state index in [1.807, 2.05) is 37.3 Å². The molecule has 0 heterocycles. The van der Waals surface area contributed by atoms with E-state index in [2.05, 4.69) is 13.2 Å². The van der Waals surface area contributed by atoms with Gasteiger partial charge in [0, 0.05) is 12.7 Å². The van der Waals surface area contributed by atoms with Gasteiger partial charge in [0.1, 0.15) is 17.6 Å². The van der Waals surface area contributed by atoms with Crippen LogP contribution in [-0.4, -0.2) is 13.2 Å². The molecule has 0 saturated heterocycles. The maximum atomic E-state index is 5.48. The van der Waals surface area contributed by atoms with Crippen molar-refractivity contribution in [2.24, 2.45) is 0 Å². The minimum Gasteiger partial charge on any atom is -0.460 e. The first-order valence-electron chi connectivity index (χ1n) is 4.79. The van der Waals surface area contributed by atoms with Gasteiger partial charge >= 0.3 is 0 Å². The standard InChI is InChI=1S/C13H16O2/c1-10(14-4)11(2)15-12(3)13-8-6-5-7-9-13/h5-10H,2-3H2,1,4H3. The Morgan fingerprint density at radius 3 is 2.33 bits per heavy atom. The molecule has 0 amide bonds. The quantitative estimate of drug-likeness (QED) is 0.685. The predicted molar refractivity (Wildman–Crippen MR) is 62.2 cm³/mol. The summed E-state index contributed by atoms with van der Waals surface area (Å²) in [6.07, 6.45) is -0.134. The molecule has 0 aromatic heterocycles. The van der Waals surface area contributed by atoms with Crippen LogP contribution < -0.4 is 0 Å². The summed E-state index contributed by atoms with van der Waals surface area (Å²) in [4.78, 5) is 0. The Hall–Kier alpha value is -1.54. The van der Waals surface area contributed by atoms with Gasteiger partial charge in [0.05, 0.1) is 0 Å². The monoisotopic (exact) mass is 204 g/mol. The Bertz CT molecular complexity index is 341. The van der Waals surface area contributed by atoms with Crippen LogP contribution in [0.25, 0.3) is 5.76 Å². The maximum absolute atomic E-state index is 5.48. The molecule has 0 aliphatic carbocycles. The molecule has 0 aliphatic heterocycles. The van der Waals surface area contributed by atoms with Crippen molar-refractivity contribution >= 4 is 5.76 Å². The van der Waals surface area contributed by atoms with Crippen LogP contribution in [0.15, 0.2) is 49.2 Å². The van der Waals surface area contributed by atoms with Gasteiger partial charge in [-0.1, -0.05) is 43.5 Å². The molecule has 15 heavy (non-hydrogen) atoms. The molecule has 1 rings (SSSR count). The molecule has 1 unspecified atom stereocenters. The van der Waals surface area contributed by atoms with Crippen molar-refractivity contribution in [1.29, 1.82) is 0 Å². The fourth-order valence-electron chi connectivity index (χ4n) is 1.06. The van der Waals surface area contributed by atoms with E-state index in [9.17, 15) is 0 Å². The smallest absolute Gasteiger partial charge is 0.127 e. The van der Waals surface area contributed by atoms with Crippen LogP contribution in [0.4, 0.5) is 0 Å². The normalized spacial score (nSPS) is 11.9. The summed E-state index contributed by atoms with van der Waals surface area (Å²) in [7, 11) is 1.62. The molecule has 0 spiro atoms. The number of hydrogen-bond acceptors (Lipinski definition) is 2. The van der Waals surface area contributed by atoms with Crippen molar-refractivity contribution in [2.45, 2.75) is 13.0 Å². The second kappa shape index (κ2) is 5.37. The lowest BCUT2D eigenvalue weighted by Gasteiger charge is -2.15. The molecule has 1 aromatic rings. The Morgan fingerprint density at radius 1 is 1.20 bits per heavy atom. The molecule has 0 fully saturated rings. The number of rotatable bonds is 5. The highest BCUT2D eigenvalue weighted by Gasteiger charge is 2.08. The predicted octanol–water partition coefficient (Wildman–Crippen LogP) is 3.22. The highest BCUT2D eigenvalue weighted by molar-refractivity contribution is 5.57. The van der Waals surface area contributed by atoms with Gasteiger partial charge in [-0.05, 0) is 6.92 Å². The Labute approximate surface area is 90.8 Å². The van der Waals surface area contributed by atoms with Crippen molar-refractivity contribution in [2.75, 3.05) is 7.11 Å². The average Bonchev–Trinajstić information content (AvgIpc) is 2.29. The van der Waals surface area contributed by atoms with Gasteiger partial charge in [0.25, 0.3) is 0 Å². The molecule has 1 aromatic carbocycles. The molecular weight excluding hydrogens is 188 g/mol. The molecule has 0 N–H and O–H groups in total. The Balaban J connectivity index is 2.61. The minimum atomic E-state index is -0.134. The number of hydrogen-bond donors (Lipinski definition) is 0. The van der Waals surface area contributed by atoms with Gasteiger partial charge in [-0.25, -0.2) is 0 Å². The fourth-order valence-corrected chi connectivity index (χ4v) is 1.06. The lowest BCUT2D eigenvalue weighted by Crippen LogP contribution is -2.09.